The van der Waals surface area contributed by atoms with Crippen LogP contribution in [0, 0.1) is 18.3 Å². The second-order valence-corrected chi connectivity index (χ2v) is 8.19. The topological polar surface area (TPSA) is 104 Å². The van der Waals surface area contributed by atoms with Crippen molar-refractivity contribution >= 4 is 16.9 Å². The number of aromatic amines is 1. The largest absolute Gasteiger partial charge is 0.377 e. The molecule has 1 saturated carbocycles. The van der Waals surface area contributed by atoms with Crippen LogP contribution in [0.3, 0.4) is 0 Å². The molecule has 0 bridgehead atoms. The molecular formula is C21H24N6O2. The molecular weight excluding hydrogens is 368 g/mol. The minimum atomic E-state index is -0.552. The van der Waals surface area contributed by atoms with E-state index >= 15 is 0 Å². The summed E-state index contributed by atoms with van der Waals surface area (Å²) in [4.78, 5) is 7.19. The molecule has 4 heterocycles. The van der Waals surface area contributed by atoms with E-state index in [0.29, 0.717) is 35.7 Å². The van der Waals surface area contributed by atoms with Gasteiger partial charge in [-0.25, -0.2) is 4.98 Å². The number of hydrogen-bond acceptors (Lipinski definition) is 7. The van der Waals surface area contributed by atoms with Crippen LogP contribution in [-0.4, -0.2) is 46.1 Å². The molecule has 3 aromatic heterocycles. The molecule has 2 aliphatic rings. The van der Waals surface area contributed by atoms with Gasteiger partial charge in [-0.3, -0.25) is 5.10 Å². The Kier molecular flexibility index (Phi) is 4.28. The Morgan fingerprint density at radius 2 is 2.14 bits per heavy atom. The lowest BCUT2D eigenvalue weighted by Crippen LogP contribution is -2.44. The highest BCUT2D eigenvalue weighted by Crippen LogP contribution is 2.45. The predicted molar refractivity (Wildman–Crippen MR) is 108 cm³/mol. The molecule has 1 saturated heterocycles. The number of rotatable bonds is 3. The van der Waals surface area contributed by atoms with Crippen molar-refractivity contribution in [1.82, 2.24) is 20.3 Å². The van der Waals surface area contributed by atoms with Crippen LogP contribution in [0.4, 0.5) is 5.82 Å². The smallest absolute Gasteiger partial charge is 0.191 e. The number of hydrogen-bond donors (Lipinski definition) is 1. The van der Waals surface area contributed by atoms with Gasteiger partial charge in [0.05, 0.1) is 30.7 Å². The van der Waals surface area contributed by atoms with Gasteiger partial charge in [0, 0.05) is 17.8 Å². The Morgan fingerprint density at radius 1 is 1.31 bits per heavy atom. The van der Waals surface area contributed by atoms with Gasteiger partial charge in [0.25, 0.3) is 0 Å². The maximum absolute atomic E-state index is 10.1. The van der Waals surface area contributed by atoms with E-state index in [-0.39, 0.29) is 6.04 Å². The molecule has 8 heteroatoms. The molecule has 1 aliphatic heterocycles. The van der Waals surface area contributed by atoms with Gasteiger partial charge in [-0.15, -0.1) is 0 Å². The number of aromatic nitrogens is 4. The molecule has 5 rings (SSSR count). The van der Waals surface area contributed by atoms with Gasteiger partial charge in [0.1, 0.15) is 17.0 Å². The van der Waals surface area contributed by atoms with E-state index in [2.05, 4.69) is 33.2 Å². The van der Waals surface area contributed by atoms with Crippen molar-refractivity contribution in [3.05, 3.63) is 23.4 Å². The van der Waals surface area contributed by atoms with Crippen molar-refractivity contribution in [2.45, 2.75) is 51.0 Å². The number of nitrogens with zero attached hydrogens (tertiary/aromatic N) is 5. The average molecular weight is 392 g/mol. The molecule has 0 spiro atoms. The Balaban J connectivity index is 1.74. The second-order valence-electron chi connectivity index (χ2n) is 8.19. The minimum Gasteiger partial charge on any atom is -0.377 e. The van der Waals surface area contributed by atoms with Crippen LogP contribution >= 0.6 is 0 Å². The lowest BCUT2D eigenvalue weighted by atomic mass is 9.80. The molecule has 0 unspecified atom stereocenters. The number of ether oxygens (including phenoxy) is 1. The number of pyridine rings is 1. The van der Waals surface area contributed by atoms with Crippen LogP contribution < -0.4 is 4.90 Å². The molecule has 3 aromatic rings. The number of aryl methyl sites for hydroxylation is 1. The number of fused-ring (bicyclic) bond motifs is 1. The van der Waals surface area contributed by atoms with Gasteiger partial charge < -0.3 is 14.2 Å². The number of anilines is 1. The van der Waals surface area contributed by atoms with Crippen LogP contribution in [0.25, 0.3) is 22.5 Å². The summed E-state index contributed by atoms with van der Waals surface area (Å²) in [6.07, 6.45) is 3.75. The summed E-state index contributed by atoms with van der Waals surface area (Å²) in [5.41, 5.74) is 3.88. The fraction of sp³-hybridized carbons (Fsp3) is 0.524. The monoisotopic (exact) mass is 392 g/mol. The highest BCUT2D eigenvalue weighted by Gasteiger charge is 2.40. The molecule has 1 N–H and O–H groups in total. The standard InChI is InChI=1S/C21H24N6O2/c1-13-9-16(25-24-13)18-19-20(29-26-18)15(21(12-22)5-3-4-6-21)10-17(23-19)27-7-8-28-11-14(27)2/h9-10,14H,3-8,11H2,1-2H3,(H,24,25)/t14-/m1/s1. The van der Waals surface area contributed by atoms with E-state index in [4.69, 9.17) is 14.2 Å². The van der Waals surface area contributed by atoms with Crippen molar-refractivity contribution in [2.75, 3.05) is 24.7 Å². The molecule has 2 fully saturated rings. The van der Waals surface area contributed by atoms with Gasteiger partial charge >= 0.3 is 0 Å². The van der Waals surface area contributed by atoms with Gasteiger partial charge in [0.2, 0.25) is 0 Å². The third-order valence-electron chi connectivity index (χ3n) is 6.21. The lowest BCUT2D eigenvalue weighted by molar-refractivity contribution is 0.0985. The van der Waals surface area contributed by atoms with E-state index < -0.39 is 5.41 Å². The SMILES string of the molecule is Cc1cc(-c2noc3c(C4(C#N)CCCC4)cc(N4CCOC[C@H]4C)nc23)n[nH]1. The van der Waals surface area contributed by atoms with E-state index in [1.54, 1.807) is 0 Å². The number of nitrogens with one attached hydrogen (secondary N) is 1. The zero-order valence-corrected chi connectivity index (χ0v) is 16.7. The highest BCUT2D eigenvalue weighted by molar-refractivity contribution is 5.91. The Hall–Kier alpha value is -2.92. The van der Waals surface area contributed by atoms with Gasteiger partial charge in [-0.1, -0.05) is 18.0 Å². The predicted octanol–water partition coefficient (Wildman–Crippen LogP) is 3.48. The van der Waals surface area contributed by atoms with Crippen LogP contribution in [0.1, 0.15) is 43.9 Å². The first-order chi connectivity index (χ1) is 14.1. The summed E-state index contributed by atoms with van der Waals surface area (Å²) in [5.74, 6) is 0.849. The van der Waals surface area contributed by atoms with Crippen molar-refractivity contribution < 1.29 is 9.26 Å². The molecule has 1 atom stereocenters. The highest BCUT2D eigenvalue weighted by atomic mass is 16.5. The van der Waals surface area contributed by atoms with Crippen molar-refractivity contribution in [2.24, 2.45) is 0 Å². The van der Waals surface area contributed by atoms with E-state index in [0.717, 1.165) is 49.3 Å². The maximum atomic E-state index is 10.1. The van der Waals surface area contributed by atoms with Crippen molar-refractivity contribution in [1.29, 1.82) is 5.26 Å². The second kappa shape index (κ2) is 6.85. The van der Waals surface area contributed by atoms with Crippen LogP contribution in [0.15, 0.2) is 16.7 Å². The Bertz CT molecular complexity index is 1090. The third-order valence-corrected chi connectivity index (χ3v) is 6.21. The number of morpholine rings is 1. The summed E-state index contributed by atoms with van der Waals surface area (Å²) >= 11 is 0. The molecule has 29 heavy (non-hydrogen) atoms. The quantitative estimate of drug-likeness (QED) is 0.727. The molecule has 0 amide bonds. The zero-order chi connectivity index (χ0) is 20.0. The molecule has 8 nitrogen and oxygen atoms in total. The minimum absolute atomic E-state index is 0.208. The van der Waals surface area contributed by atoms with Gasteiger partial charge in [-0.2, -0.15) is 10.4 Å². The third kappa shape index (κ3) is 2.88. The molecule has 0 radical (unpaired) electrons. The molecule has 1 aliphatic carbocycles. The van der Waals surface area contributed by atoms with E-state index in [1.807, 2.05) is 19.1 Å². The zero-order valence-electron chi connectivity index (χ0n) is 16.7. The number of nitriles is 1. The van der Waals surface area contributed by atoms with E-state index in [1.165, 1.54) is 0 Å². The summed E-state index contributed by atoms with van der Waals surface area (Å²) in [7, 11) is 0. The fourth-order valence-electron chi connectivity index (χ4n) is 4.60. The normalized spacial score (nSPS) is 21.6. The first-order valence-corrected chi connectivity index (χ1v) is 10.2. The Labute approximate surface area is 168 Å². The van der Waals surface area contributed by atoms with Gasteiger partial charge in [0.15, 0.2) is 11.3 Å². The first kappa shape index (κ1) is 18.1. The Morgan fingerprint density at radius 3 is 2.83 bits per heavy atom. The fourth-order valence-corrected chi connectivity index (χ4v) is 4.60. The van der Waals surface area contributed by atoms with E-state index in [9.17, 15) is 5.26 Å². The van der Waals surface area contributed by atoms with Crippen LogP contribution in [0.2, 0.25) is 0 Å². The van der Waals surface area contributed by atoms with Crippen molar-refractivity contribution in [3.8, 4) is 17.5 Å². The summed E-state index contributed by atoms with van der Waals surface area (Å²) in [6.45, 7) is 6.17. The van der Waals surface area contributed by atoms with Crippen LogP contribution in [0.5, 0.6) is 0 Å². The molecule has 0 aromatic carbocycles. The van der Waals surface area contributed by atoms with Gasteiger partial charge in [-0.05, 0) is 38.8 Å². The molecule has 150 valence electrons. The summed E-state index contributed by atoms with van der Waals surface area (Å²) in [6, 6.07) is 6.78. The average Bonchev–Trinajstić information content (AvgIpc) is 3.47. The summed E-state index contributed by atoms with van der Waals surface area (Å²) < 4.78 is 11.4. The maximum Gasteiger partial charge on any atom is 0.191 e. The summed E-state index contributed by atoms with van der Waals surface area (Å²) in [5, 5.41) is 21.7. The lowest BCUT2D eigenvalue weighted by Gasteiger charge is -2.35. The number of H-pyrrole nitrogens is 1. The first-order valence-electron chi connectivity index (χ1n) is 10.2. The van der Waals surface area contributed by atoms with Crippen molar-refractivity contribution in [3.63, 3.8) is 0 Å². The van der Waals surface area contributed by atoms with Crippen LogP contribution in [-0.2, 0) is 10.2 Å².